The van der Waals surface area contributed by atoms with E-state index in [2.05, 4.69) is 29.5 Å². The van der Waals surface area contributed by atoms with Crippen molar-refractivity contribution in [2.45, 2.75) is 19.8 Å². The average Bonchev–Trinajstić information content (AvgIpc) is 2.74. The van der Waals surface area contributed by atoms with Crippen molar-refractivity contribution < 1.29 is 14.3 Å². The number of nitrogens with zero attached hydrogens (tertiary/aromatic N) is 1. The van der Waals surface area contributed by atoms with Gasteiger partial charge in [0, 0.05) is 17.4 Å². The number of aromatic nitrogens is 1. The van der Waals surface area contributed by atoms with Crippen LogP contribution in [0.1, 0.15) is 35.8 Å². The number of pyridine rings is 1. The second-order valence-electron chi connectivity index (χ2n) is 6.82. The van der Waals surface area contributed by atoms with Gasteiger partial charge in [0.1, 0.15) is 5.69 Å². The van der Waals surface area contributed by atoms with E-state index in [4.69, 9.17) is 9.47 Å². The lowest BCUT2D eigenvalue weighted by molar-refractivity contribution is 0.102. The Bertz CT molecular complexity index is 985. The first-order valence-corrected chi connectivity index (χ1v) is 9.37. The minimum Gasteiger partial charge on any atom is -0.493 e. The summed E-state index contributed by atoms with van der Waals surface area (Å²) in [5, 5.41) is 6.19. The van der Waals surface area contributed by atoms with Gasteiger partial charge in [-0.05, 0) is 41.8 Å². The van der Waals surface area contributed by atoms with Crippen LogP contribution < -0.4 is 20.1 Å². The molecule has 0 aliphatic heterocycles. The monoisotopic (exact) mass is 391 g/mol. The minimum atomic E-state index is -0.240. The Labute approximate surface area is 170 Å². The van der Waals surface area contributed by atoms with Crippen LogP contribution in [0.3, 0.4) is 0 Å². The summed E-state index contributed by atoms with van der Waals surface area (Å²) in [5.74, 6) is 1.36. The summed E-state index contributed by atoms with van der Waals surface area (Å²) in [7, 11) is 3.19. The fourth-order valence-electron chi connectivity index (χ4n) is 2.98. The first-order chi connectivity index (χ1) is 14.0. The summed E-state index contributed by atoms with van der Waals surface area (Å²) in [4.78, 5) is 16.9. The summed E-state index contributed by atoms with van der Waals surface area (Å²) >= 11 is 0. The number of carbonyl (C=O) groups is 1. The molecular weight excluding hydrogens is 366 g/mol. The van der Waals surface area contributed by atoms with Crippen molar-refractivity contribution >= 4 is 23.0 Å². The van der Waals surface area contributed by atoms with Gasteiger partial charge in [-0.2, -0.15) is 0 Å². The third kappa shape index (κ3) is 4.85. The summed E-state index contributed by atoms with van der Waals surface area (Å²) in [6, 6.07) is 16.8. The van der Waals surface area contributed by atoms with Gasteiger partial charge in [-0.1, -0.05) is 32.0 Å². The first-order valence-electron chi connectivity index (χ1n) is 9.37. The van der Waals surface area contributed by atoms with E-state index >= 15 is 0 Å². The van der Waals surface area contributed by atoms with Gasteiger partial charge in [-0.15, -0.1) is 0 Å². The Morgan fingerprint density at radius 1 is 0.931 bits per heavy atom. The molecule has 29 heavy (non-hydrogen) atoms. The highest BCUT2D eigenvalue weighted by Gasteiger charge is 2.12. The van der Waals surface area contributed by atoms with Gasteiger partial charge < -0.3 is 20.1 Å². The molecule has 0 radical (unpaired) electrons. The molecule has 6 nitrogen and oxygen atoms in total. The fourth-order valence-corrected chi connectivity index (χ4v) is 2.98. The van der Waals surface area contributed by atoms with Gasteiger partial charge in [0.15, 0.2) is 11.5 Å². The highest BCUT2D eigenvalue weighted by atomic mass is 16.5. The number of anilines is 3. The van der Waals surface area contributed by atoms with Crippen molar-refractivity contribution in [1.82, 2.24) is 4.98 Å². The number of nitrogens with one attached hydrogen (secondary N) is 2. The van der Waals surface area contributed by atoms with Crippen molar-refractivity contribution in [1.29, 1.82) is 0 Å². The molecule has 1 heterocycles. The predicted octanol–water partition coefficient (Wildman–Crippen LogP) is 5.22. The molecule has 0 spiro atoms. The molecule has 2 aromatic carbocycles. The quantitative estimate of drug-likeness (QED) is 0.578. The Morgan fingerprint density at radius 3 is 2.31 bits per heavy atom. The second-order valence-corrected chi connectivity index (χ2v) is 6.82. The Morgan fingerprint density at radius 2 is 1.66 bits per heavy atom. The van der Waals surface area contributed by atoms with E-state index < -0.39 is 0 Å². The number of hydrogen-bond donors (Lipinski definition) is 2. The minimum absolute atomic E-state index is 0.240. The van der Waals surface area contributed by atoms with Gasteiger partial charge in [0.05, 0.1) is 26.1 Å². The van der Waals surface area contributed by atoms with Crippen LogP contribution in [0.5, 0.6) is 11.5 Å². The summed E-state index contributed by atoms with van der Waals surface area (Å²) < 4.78 is 10.6. The number of para-hydroxylation sites is 1. The van der Waals surface area contributed by atoms with Gasteiger partial charge in [-0.25, -0.2) is 4.98 Å². The largest absolute Gasteiger partial charge is 0.493 e. The van der Waals surface area contributed by atoms with E-state index in [0.717, 1.165) is 22.6 Å². The van der Waals surface area contributed by atoms with E-state index in [1.807, 2.05) is 48.5 Å². The lowest BCUT2D eigenvalue weighted by Crippen LogP contribution is -2.15. The maximum Gasteiger partial charge on any atom is 0.274 e. The molecule has 2 N–H and O–H groups in total. The number of benzene rings is 2. The van der Waals surface area contributed by atoms with Crippen LogP contribution in [0.4, 0.5) is 17.1 Å². The van der Waals surface area contributed by atoms with Gasteiger partial charge >= 0.3 is 0 Å². The maximum atomic E-state index is 12.6. The van der Waals surface area contributed by atoms with E-state index in [0.29, 0.717) is 23.1 Å². The fraction of sp³-hybridized carbons (Fsp3) is 0.217. The van der Waals surface area contributed by atoms with Crippen molar-refractivity contribution in [3.63, 3.8) is 0 Å². The standard InChI is InChI=1S/C23H25N3O3/c1-15(2)18-7-5-6-8-19(18)26-23(27)20-11-9-17(14-24-20)25-16-10-12-21(28-3)22(13-16)29-4/h5-15,25H,1-4H3,(H,26,27). The van der Waals surface area contributed by atoms with Crippen LogP contribution in [0.25, 0.3) is 0 Å². The van der Waals surface area contributed by atoms with Crippen LogP contribution >= 0.6 is 0 Å². The summed E-state index contributed by atoms with van der Waals surface area (Å²) in [5.41, 5.74) is 3.83. The molecule has 1 aromatic heterocycles. The number of methoxy groups -OCH3 is 2. The van der Waals surface area contributed by atoms with Crippen LogP contribution in [0.2, 0.25) is 0 Å². The van der Waals surface area contributed by atoms with Crippen LogP contribution in [0.15, 0.2) is 60.8 Å². The molecule has 0 saturated heterocycles. The van der Waals surface area contributed by atoms with Gasteiger partial charge in [0.25, 0.3) is 5.91 Å². The topological polar surface area (TPSA) is 72.5 Å². The highest BCUT2D eigenvalue weighted by Crippen LogP contribution is 2.31. The lowest BCUT2D eigenvalue weighted by atomic mass is 10.0. The Balaban J connectivity index is 1.71. The number of hydrogen-bond acceptors (Lipinski definition) is 5. The molecule has 0 saturated carbocycles. The molecular formula is C23H25N3O3. The normalized spacial score (nSPS) is 10.5. The molecule has 0 bridgehead atoms. The zero-order valence-electron chi connectivity index (χ0n) is 17.0. The SMILES string of the molecule is COc1ccc(Nc2ccc(C(=O)Nc3ccccc3C(C)C)nc2)cc1OC. The molecule has 0 aliphatic carbocycles. The molecule has 3 rings (SSSR count). The smallest absolute Gasteiger partial charge is 0.274 e. The Kier molecular flexibility index (Phi) is 6.34. The predicted molar refractivity (Wildman–Crippen MR) is 116 cm³/mol. The van der Waals surface area contributed by atoms with Gasteiger partial charge in [-0.3, -0.25) is 4.79 Å². The maximum absolute atomic E-state index is 12.6. The molecule has 0 fully saturated rings. The van der Waals surface area contributed by atoms with Crippen molar-refractivity contribution in [2.24, 2.45) is 0 Å². The Hall–Kier alpha value is -3.54. The third-order valence-corrected chi connectivity index (χ3v) is 4.50. The van der Waals surface area contributed by atoms with Crippen molar-refractivity contribution in [3.05, 3.63) is 72.1 Å². The number of carbonyl (C=O) groups excluding carboxylic acids is 1. The first kappa shape index (κ1) is 20.2. The van der Waals surface area contributed by atoms with Crippen molar-refractivity contribution in [2.75, 3.05) is 24.9 Å². The molecule has 0 unspecified atom stereocenters. The van der Waals surface area contributed by atoms with Crippen LogP contribution in [0, 0.1) is 0 Å². The van der Waals surface area contributed by atoms with E-state index in [1.165, 1.54) is 0 Å². The van der Waals surface area contributed by atoms with E-state index in [1.54, 1.807) is 26.5 Å². The summed E-state index contributed by atoms with van der Waals surface area (Å²) in [6.45, 7) is 4.19. The van der Waals surface area contributed by atoms with E-state index in [9.17, 15) is 4.79 Å². The van der Waals surface area contributed by atoms with Gasteiger partial charge in [0.2, 0.25) is 0 Å². The number of amides is 1. The molecule has 0 atom stereocenters. The molecule has 150 valence electrons. The van der Waals surface area contributed by atoms with Crippen LogP contribution in [-0.2, 0) is 0 Å². The van der Waals surface area contributed by atoms with E-state index in [-0.39, 0.29) is 5.91 Å². The molecule has 3 aromatic rings. The average molecular weight is 391 g/mol. The zero-order valence-corrected chi connectivity index (χ0v) is 17.0. The number of rotatable bonds is 7. The number of ether oxygens (including phenoxy) is 2. The molecule has 6 heteroatoms. The third-order valence-electron chi connectivity index (χ3n) is 4.50. The highest BCUT2D eigenvalue weighted by molar-refractivity contribution is 6.03. The lowest BCUT2D eigenvalue weighted by Gasteiger charge is -2.14. The second kappa shape index (κ2) is 9.10. The molecule has 1 amide bonds. The van der Waals surface area contributed by atoms with Crippen LogP contribution in [-0.4, -0.2) is 25.1 Å². The zero-order chi connectivity index (χ0) is 20.8. The summed E-state index contributed by atoms with van der Waals surface area (Å²) in [6.07, 6.45) is 1.62. The van der Waals surface area contributed by atoms with Crippen molar-refractivity contribution in [3.8, 4) is 11.5 Å². The molecule has 0 aliphatic rings.